The predicted octanol–water partition coefficient (Wildman–Crippen LogP) is 4.96. The van der Waals surface area contributed by atoms with E-state index in [-0.39, 0.29) is 11.6 Å². The van der Waals surface area contributed by atoms with Crippen LogP contribution in [0.5, 0.6) is 11.6 Å². The number of aromatic hydroxyl groups is 2. The number of benzene rings is 4. The fourth-order valence-corrected chi connectivity index (χ4v) is 4.93. The van der Waals surface area contributed by atoms with E-state index < -0.39 is 24.3 Å². The zero-order chi connectivity index (χ0) is 23.7. The lowest BCUT2D eigenvalue weighted by atomic mass is 9.94. The molecule has 8 nitrogen and oxygen atoms in total. The number of aromatic nitrogens is 1. The number of rotatable bonds is 2. The molecule has 1 aromatic heterocycles. The van der Waals surface area contributed by atoms with Gasteiger partial charge in [-0.15, -0.1) is 0 Å². The summed E-state index contributed by atoms with van der Waals surface area (Å²) in [5.74, 6) is -1.39. The molecule has 2 atom stereocenters. The van der Waals surface area contributed by atoms with E-state index in [0.717, 1.165) is 43.6 Å². The monoisotopic (exact) mass is 456 g/mol. The standard InChI is InChI=1S/C26H20N2O6/c1-11(29)33-24-20-10-18-14(8-22(20)28-26(24)34-12(2)30)4-5-15-16(18)6-3-13-7-21-19(9-17(13)15)23(31)25(32)27-21/h3-10,24,26-28,31-32H,1-2H3. The fourth-order valence-electron chi connectivity index (χ4n) is 4.93. The summed E-state index contributed by atoms with van der Waals surface area (Å²) < 4.78 is 10.9. The van der Waals surface area contributed by atoms with Crippen molar-refractivity contribution in [3.63, 3.8) is 0 Å². The Balaban J connectivity index is 1.59. The Morgan fingerprint density at radius 1 is 0.794 bits per heavy atom. The second-order valence-corrected chi connectivity index (χ2v) is 8.53. The molecule has 5 aromatic rings. The van der Waals surface area contributed by atoms with Crippen molar-refractivity contribution in [2.24, 2.45) is 0 Å². The number of anilines is 1. The summed E-state index contributed by atoms with van der Waals surface area (Å²) in [6.45, 7) is 2.63. The molecule has 0 spiro atoms. The van der Waals surface area contributed by atoms with Crippen molar-refractivity contribution < 1.29 is 29.3 Å². The van der Waals surface area contributed by atoms with Crippen LogP contribution in [0.2, 0.25) is 0 Å². The number of carbonyl (C=O) groups excluding carboxylic acids is 2. The van der Waals surface area contributed by atoms with Crippen LogP contribution in [0.3, 0.4) is 0 Å². The lowest BCUT2D eigenvalue weighted by Gasteiger charge is -2.19. The van der Waals surface area contributed by atoms with Crippen LogP contribution in [0, 0.1) is 0 Å². The van der Waals surface area contributed by atoms with E-state index in [1.165, 1.54) is 13.8 Å². The molecule has 4 aromatic carbocycles. The van der Waals surface area contributed by atoms with Gasteiger partial charge in [-0.05, 0) is 56.6 Å². The Labute approximate surface area is 192 Å². The van der Waals surface area contributed by atoms with E-state index in [1.54, 1.807) is 0 Å². The first kappa shape index (κ1) is 20.2. The van der Waals surface area contributed by atoms with Gasteiger partial charge in [0.25, 0.3) is 0 Å². The maximum Gasteiger partial charge on any atom is 0.304 e. The summed E-state index contributed by atoms with van der Waals surface area (Å²) in [5, 5.41) is 29.5. The minimum atomic E-state index is -0.808. The molecule has 1 aliphatic heterocycles. The number of fused-ring (bicyclic) bond motifs is 7. The smallest absolute Gasteiger partial charge is 0.304 e. The summed E-state index contributed by atoms with van der Waals surface area (Å²) in [4.78, 5) is 26.1. The number of esters is 2. The number of carbonyl (C=O) groups is 2. The molecule has 2 heterocycles. The number of hydrogen-bond donors (Lipinski definition) is 4. The SMILES string of the molecule is CC(=O)OC1Nc2cc3ccc4c5cc6c(O)c(O)[nH]c6cc5ccc4c3cc2C1OC(C)=O. The van der Waals surface area contributed by atoms with Crippen LogP contribution in [0.1, 0.15) is 25.5 Å². The van der Waals surface area contributed by atoms with E-state index in [0.29, 0.717) is 10.9 Å². The van der Waals surface area contributed by atoms with Gasteiger partial charge in [0, 0.05) is 30.5 Å². The van der Waals surface area contributed by atoms with Crippen LogP contribution in [0.15, 0.2) is 48.5 Å². The largest absolute Gasteiger partial charge is 0.503 e. The second kappa shape index (κ2) is 7.02. The lowest BCUT2D eigenvalue weighted by Crippen LogP contribution is -2.28. The summed E-state index contributed by atoms with van der Waals surface area (Å²) in [7, 11) is 0. The van der Waals surface area contributed by atoms with E-state index in [9.17, 15) is 19.8 Å². The van der Waals surface area contributed by atoms with Crippen molar-refractivity contribution in [3.8, 4) is 11.6 Å². The maximum absolute atomic E-state index is 11.8. The molecule has 0 radical (unpaired) electrons. The number of ether oxygens (including phenoxy) is 2. The molecule has 1 aliphatic rings. The summed E-state index contributed by atoms with van der Waals surface area (Å²) >= 11 is 0. The van der Waals surface area contributed by atoms with Gasteiger partial charge in [0.2, 0.25) is 12.1 Å². The predicted molar refractivity (Wildman–Crippen MR) is 128 cm³/mol. The first-order chi connectivity index (χ1) is 16.3. The van der Waals surface area contributed by atoms with E-state index in [4.69, 9.17) is 9.47 Å². The molecule has 0 amide bonds. The molecule has 0 bridgehead atoms. The fraction of sp³-hybridized carbons (Fsp3) is 0.154. The number of H-pyrrole nitrogens is 1. The van der Waals surface area contributed by atoms with Crippen molar-refractivity contribution in [1.29, 1.82) is 0 Å². The zero-order valence-corrected chi connectivity index (χ0v) is 18.3. The Morgan fingerprint density at radius 2 is 1.44 bits per heavy atom. The van der Waals surface area contributed by atoms with E-state index in [2.05, 4.69) is 10.3 Å². The van der Waals surface area contributed by atoms with Crippen molar-refractivity contribution in [1.82, 2.24) is 4.98 Å². The minimum Gasteiger partial charge on any atom is -0.503 e. The average Bonchev–Trinajstić information content (AvgIpc) is 3.25. The quantitative estimate of drug-likeness (QED) is 0.219. The van der Waals surface area contributed by atoms with Crippen LogP contribution < -0.4 is 5.32 Å². The third-order valence-corrected chi connectivity index (χ3v) is 6.34. The highest BCUT2D eigenvalue weighted by Crippen LogP contribution is 2.43. The van der Waals surface area contributed by atoms with Gasteiger partial charge in [0.05, 0.1) is 5.52 Å². The third-order valence-electron chi connectivity index (χ3n) is 6.34. The van der Waals surface area contributed by atoms with Crippen LogP contribution in [-0.4, -0.2) is 33.4 Å². The average molecular weight is 456 g/mol. The highest BCUT2D eigenvalue weighted by Gasteiger charge is 2.37. The number of aromatic amines is 1. The Morgan fingerprint density at radius 3 is 2.12 bits per heavy atom. The van der Waals surface area contributed by atoms with Gasteiger partial charge in [-0.3, -0.25) is 9.59 Å². The molecule has 0 aliphatic carbocycles. The van der Waals surface area contributed by atoms with E-state index >= 15 is 0 Å². The van der Waals surface area contributed by atoms with Gasteiger partial charge >= 0.3 is 11.9 Å². The molecule has 6 rings (SSSR count). The summed E-state index contributed by atoms with van der Waals surface area (Å²) in [5.41, 5.74) is 2.11. The molecule has 34 heavy (non-hydrogen) atoms. The molecule has 0 saturated heterocycles. The highest BCUT2D eigenvalue weighted by molar-refractivity contribution is 6.20. The molecular weight excluding hydrogens is 436 g/mol. The topological polar surface area (TPSA) is 121 Å². The van der Waals surface area contributed by atoms with Crippen molar-refractivity contribution >= 4 is 60.8 Å². The highest BCUT2D eigenvalue weighted by atomic mass is 16.6. The Bertz CT molecular complexity index is 1690. The third kappa shape index (κ3) is 2.92. The number of nitrogens with one attached hydrogen (secondary N) is 2. The van der Waals surface area contributed by atoms with Crippen molar-refractivity contribution in [3.05, 3.63) is 54.1 Å². The summed E-state index contributed by atoms with van der Waals surface area (Å²) in [6.07, 6.45) is -1.58. The second-order valence-electron chi connectivity index (χ2n) is 8.53. The first-order valence-electron chi connectivity index (χ1n) is 10.8. The normalized spacial score (nSPS) is 17.2. The van der Waals surface area contributed by atoms with Crippen LogP contribution in [0.4, 0.5) is 5.69 Å². The molecule has 4 N–H and O–H groups in total. The molecule has 0 fully saturated rings. The molecule has 0 saturated carbocycles. The molecule has 2 unspecified atom stereocenters. The molecule has 8 heteroatoms. The number of hydrogen-bond acceptors (Lipinski definition) is 7. The van der Waals surface area contributed by atoms with Gasteiger partial charge < -0.3 is 30.0 Å². The van der Waals surface area contributed by atoms with Crippen molar-refractivity contribution in [2.45, 2.75) is 26.2 Å². The Kier molecular flexibility index (Phi) is 4.16. The van der Waals surface area contributed by atoms with Gasteiger partial charge in [0.1, 0.15) is 0 Å². The minimum absolute atomic E-state index is 0.181. The van der Waals surface area contributed by atoms with Crippen LogP contribution in [0.25, 0.3) is 43.2 Å². The van der Waals surface area contributed by atoms with Crippen LogP contribution >= 0.6 is 0 Å². The zero-order valence-electron chi connectivity index (χ0n) is 18.3. The first-order valence-corrected chi connectivity index (χ1v) is 10.8. The van der Waals surface area contributed by atoms with Crippen LogP contribution in [-0.2, 0) is 19.1 Å². The maximum atomic E-state index is 11.8. The van der Waals surface area contributed by atoms with Gasteiger partial charge in [0.15, 0.2) is 11.9 Å². The Hall–Kier alpha value is -4.46. The van der Waals surface area contributed by atoms with Gasteiger partial charge in [-0.1, -0.05) is 24.3 Å². The van der Waals surface area contributed by atoms with E-state index in [1.807, 2.05) is 48.5 Å². The molecular formula is C26H20N2O6. The molecule has 170 valence electrons. The lowest BCUT2D eigenvalue weighted by molar-refractivity contribution is -0.162. The van der Waals surface area contributed by atoms with Crippen molar-refractivity contribution in [2.75, 3.05) is 5.32 Å². The summed E-state index contributed by atoms with van der Waals surface area (Å²) in [6, 6.07) is 15.7. The van der Waals surface area contributed by atoms with Gasteiger partial charge in [-0.2, -0.15) is 0 Å². The van der Waals surface area contributed by atoms with Gasteiger partial charge in [-0.25, -0.2) is 0 Å².